The second-order valence-corrected chi connectivity index (χ2v) is 5.25. The van der Waals surface area contributed by atoms with E-state index in [1.54, 1.807) is 0 Å². The maximum Gasteiger partial charge on any atom is 0.0457 e. The Hall–Kier alpha value is -0.990. The van der Waals surface area contributed by atoms with Crippen molar-refractivity contribution in [1.29, 1.82) is 0 Å². The summed E-state index contributed by atoms with van der Waals surface area (Å²) in [5.41, 5.74) is 8.90. The minimum absolute atomic E-state index is 0. The van der Waals surface area contributed by atoms with Gasteiger partial charge in [-0.1, -0.05) is 31.4 Å². The highest BCUT2D eigenvalue weighted by Gasteiger charge is 2.21. The third-order valence-corrected chi connectivity index (χ3v) is 4.12. The SMILES string of the molecule is Cl.N[C@H](c1ccc2cc[nH]c2c1)C1CCCCC1. The smallest absolute Gasteiger partial charge is 0.0457 e. The van der Waals surface area contributed by atoms with Crippen LogP contribution in [-0.4, -0.2) is 4.98 Å². The van der Waals surface area contributed by atoms with Gasteiger partial charge in [-0.15, -0.1) is 12.4 Å². The zero-order chi connectivity index (χ0) is 11.7. The highest BCUT2D eigenvalue weighted by atomic mass is 35.5. The first-order valence-corrected chi connectivity index (χ1v) is 6.67. The second-order valence-electron chi connectivity index (χ2n) is 5.25. The van der Waals surface area contributed by atoms with Gasteiger partial charge in [0.2, 0.25) is 0 Å². The van der Waals surface area contributed by atoms with Crippen LogP contribution >= 0.6 is 12.4 Å². The van der Waals surface area contributed by atoms with Crippen molar-refractivity contribution in [3.63, 3.8) is 0 Å². The molecule has 3 heteroatoms. The van der Waals surface area contributed by atoms with Crippen molar-refractivity contribution in [3.05, 3.63) is 36.0 Å². The average Bonchev–Trinajstić information content (AvgIpc) is 2.86. The minimum Gasteiger partial charge on any atom is -0.361 e. The first kappa shape index (κ1) is 13.4. The molecule has 18 heavy (non-hydrogen) atoms. The van der Waals surface area contributed by atoms with Crippen LogP contribution in [0.3, 0.4) is 0 Å². The Morgan fingerprint density at radius 1 is 1.11 bits per heavy atom. The number of hydrogen-bond donors (Lipinski definition) is 2. The van der Waals surface area contributed by atoms with E-state index < -0.39 is 0 Å². The largest absolute Gasteiger partial charge is 0.361 e. The number of aromatic amines is 1. The number of benzene rings is 1. The number of nitrogens with two attached hydrogens (primary N) is 1. The lowest BCUT2D eigenvalue weighted by molar-refractivity contribution is 0.308. The monoisotopic (exact) mass is 264 g/mol. The van der Waals surface area contributed by atoms with Crippen molar-refractivity contribution in [2.75, 3.05) is 0 Å². The number of nitrogens with one attached hydrogen (secondary N) is 1. The predicted molar refractivity (Wildman–Crippen MR) is 79.1 cm³/mol. The van der Waals surface area contributed by atoms with Gasteiger partial charge in [-0.05, 0) is 41.8 Å². The van der Waals surface area contributed by atoms with Crippen molar-refractivity contribution in [2.45, 2.75) is 38.1 Å². The van der Waals surface area contributed by atoms with Crippen molar-refractivity contribution in [3.8, 4) is 0 Å². The van der Waals surface area contributed by atoms with Crippen LogP contribution in [0.25, 0.3) is 10.9 Å². The number of fused-ring (bicyclic) bond motifs is 1. The molecule has 0 saturated heterocycles. The topological polar surface area (TPSA) is 41.8 Å². The fourth-order valence-electron chi connectivity index (χ4n) is 3.04. The van der Waals surface area contributed by atoms with E-state index in [4.69, 9.17) is 5.73 Å². The molecule has 3 N–H and O–H groups in total. The quantitative estimate of drug-likeness (QED) is 0.840. The Bertz CT molecular complexity index is 500. The molecule has 0 aliphatic heterocycles. The molecule has 1 aliphatic carbocycles. The van der Waals surface area contributed by atoms with E-state index in [1.165, 1.54) is 48.6 Å². The molecule has 1 saturated carbocycles. The fourth-order valence-corrected chi connectivity index (χ4v) is 3.04. The minimum atomic E-state index is 0. The van der Waals surface area contributed by atoms with Gasteiger partial charge in [0.15, 0.2) is 0 Å². The number of halogens is 1. The molecule has 98 valence electrons. The van der Waals surface area contributed by atoms with Crippen LogP contribution in [0.5, 0.6) is 0 Å². The molecule has 1 aromatic carbocycles. The van der Waals surface area contributed by atoms with Crippen molar-refractivity contribution >= 4 is 23.3 Å². The first-order valence-electron chi connectivity index (χ1n) is 6.67. The van der Waals surface area contributed by atoms with Crippen LogP contribution in [-0.2, 0) is 0 Å². The van der Waals surface area contributed by atoms with Gasteiger partial charge in [-0.25, -0.2) is 0 Å². The van der Waals surface area contributed by atoms with E-state index in [0.717, 1.165) is 0 Å². The fraction of sp³-hybridized carbons (Fsp3) is 0.467. The molecular formula is C15H21ClN2. The standard InChI is InChI=1S/C15H20N2.ClH/c16-15(12-4-2-1-3-5-12)13-7-6-11-8-9-17-14(11)10-13;/h6-10,12,15,17H,1-5,16H2;1H/t15-;/m0./s1. The summed E-state index contributed by atoms with van der Waals surface area (Å²) in [5, 5.41) is 1.27. The lowest BCUT2D eigenvalue weighted by atomic mass is 9.81. The molecular weight excluding hydrogens is 244 g/mol. The summed E-state index contributed by atoms with van der Waals surface area (Å²) in [6.07, 6.45) is 8.67. The molecule has 2 nitrogen and oxygen atoms in total. The van der Waals surface area contributed by atoms with Gasteiger partial charge in [-0.2, -0.15) is 0 Å². The first-order chi connectivity index (χ1) is 8.34. The molecule has 1 heterocycles. The summed E-state index contributed by atoms with van der Waals surface area (Å²) in [4.78, 5) is 3.26. The Morgan fingerprint density at radius 2 is 1.89 bits per heavy atom. The molecule has 1 fully saturated rings. The third kappa shape index (κ3) is 2.55. The summed E-state index contributed by atoms with van der Waals surface area (Å²) >= 11 is 0. The normalized spacial score (nSPS) is 18.5. The zero-order valence-corrected chi connectivity index (χ0v) is 11.4. The Morgan fingerprint density at radius 3 is 2.67 bits per heavy atom. The van der Waals surface area contributed by atoms with Gasteiger partial charge in [-0.3, -0.25) is 0 Å². The van der Waals surface area contributed by atoms with Crippen LogP contribution in [0.2, 0.25) is 0 Å². The molecule has 1 atom stereocenters. The summed E-state index contributed by atoms with van der Waals surface area (Å²) in [5.74, 6) is 0.677. The molecule has 0 amide bonds. The third-order valence-electron chi connectivity index (χ3n) is 4.12. The van der Waals surface area contributed by atoms with Crippen LogP contribution in [0.15, 0.2) is 30.5 Å². The number of hydrogen-bond acceptors (Lipinski definition) is 1. The lowest BCUT2D eigenvalue weighted by Crippen LogP contribution is -2.23. The number of H-pyrrole nitrogens is 1. The summed E-state index contributed by atoms with van der Waals surface area (Å²) in [6, 6.07) is 8.89. The zero-order valence-electron chi connectivity index (χ0n) is 10.6. The van der Waals surface area contributed by atoms with Crippen molar-refractivity contribution in [2.24, 2.45) is 11.7 Å². The van der Waals surface area contributed by atoms with Gasteiger partial charge in [0, 0.05) is 17.8 Å². The molecule has 0 radical (unpaired) electrons. The Balaban J connectivity index is 0.00000120. The summed E-state index contributed by atoms with van der Waals surface area (Å²) in [7, 11) is 0. The van der Waals surface area contributed by atoms with Crippen LogP contribution in [0.4, 0.5) is 0 Å². The van der Waals surface area contributed by atoms with E-state index >= 15 is 0 Å². The predicted octanol–water partition coefficient (Wildman–Crippen LogP) is 4.17. The number of rotatable bonds is 2. The second kappa shape index (κ2) is 5.77. The van der Waals surface area contributed by atoms with E-state index in [1.807, 2.05) is 6.20 Å². The molecule has 3 rings (SSSR count). The molecule has 0 spiro atoms. The van der Waals surface area contributed by atoms with Gasteiger partial charge < -0.3 is 10.7 Å². The summed E-state index contributed by atoms with van der Waals surface area (Å²) in [6.45, 7) is 0. The van der Waals surface area contributed by atoms with Crippen LogP contribution < -0.4 is 5.73 Å². The van der Waals surface area contributed by atoms with Gasteiger partial charge >= 0.3 is 0 Å². The maximum absolute atomic E-state index is 6.42. The average molecular weight is 265 g/mol. The Kier molecular flexibility index (Phi) is 4.31. The van der Waals surface area contributed by atoms with E-state index in [2.05, 4.69) is 29.2 Å². The van der Waals surface area contributed by atoms with E-state index in [0.29, 0.717) is 5.92 Å². The molecule has 0 bridgehead atoms. The molecule has 1 aromatic heterocycles. The van der Waals surface area contributed by atoms with Crippen LogP contribution in [0.1, 0.15) is 43.7 Å². The van der Waals surface area contributed by atoms with E-state index in [-0.39, 0.29) is 18.4 Å². The van der Waals surface area contributed by atoms with Gasteiger partial charge in [0.25, 0.3) is 0 Å². The molecule has 1 aliphatic rings. The highest BCUT2D eigenvalue weighted by molar-refractivity contribution is 5.85. The van der Waals surface area contributed by atoms with Crippen molar-refractivity contribution < 1.29 is 0 Å². The number of aromatic nitrogens is 1. The molecule has 2 aromatic rings. The maximum atomic E-state index is 6.42. The van der Waals surface area contributed by atoms with Crippen LogP contribution in [0, 0.1) is 5.92 Å². The van der Waals surface area contributed by atoms with Gasteiger partial charge in [0.05, 0.1) is 0 Å². The molecule has 0 unspecified atom stereocenters. The Labute approximate surface area is 114 Å². The van der Waals surface area contributed by atoms with E-state index in [9.17, 15) is 0 Å². The highest BCUT2D eigenvalue weighted by Crippen LogP contribution is 2.33. The summed E-state index contributed by atoms with van der Waals surface area (Å²) < 4.78 is 0. The van der Waals surface area contributed by atoms with Gasteiger partial charge in [0.1, 0.15) is 0 Å². The lowest BCUT2D eigenvalue weighted by Gasteiger charge is -2.27. The van der Waals surface area contributed by atoms with Crippen molar-refractivity contribution in [1.82, 2.24) is 4.98 Å².